The van der Waals surface area contributed by atoms with Crippen molar-refractivity contribution in [3.8, 4) is 0 Å². The van der Waals surface area contributed by atoms with Crippen LogP contribution in [0.4, 0.5) is 4.79 Å². The zero-order chi connectivity index (χ0) is 19.8. The topological polar surface area (TPSA) is 72.3 Å². The van der Waals surface area contributed by atoms with Crippen LogP contribution in [0.15, 0.2) is 42.7 Å². The molecule has 2 amide bonds. The third-order valence-corrected chi connectivity index (χ3v) is 4.77. The summed E-state index contributed by atoms with van der Waals surface area (Å²) in [6.45, 7) is 6.36. The fourth-order valence-corrected chi connectivity index (χ4v) is 3.25. The van der Waals surface area contributed by atoms with Gasteiger partial charge in [0.1, 0.15) is 6.33 Å². The van der Waals surface area contributed by atoms with Crippen LogP contribution in [0.2, 0.25) is 0 Å². The molecule has 1 aromatic carbocycles. The summed E-state index contributed by atoms with van der Waals surface area (Å²) in [6.07, 6.45) is 7.89. The van der Waals surface area contributed by atoms with Crippen LogP contribution >= 0.6 is 0 Å². The van der Waals surface area contributed by atoms with Gasteiger partial charge in [0, 0.05) is 25.7 Å². The van der Waals surface area contributed by atoms with E-state index in [9.17, 15) is 4.79 Å². The maximum absolute atomic E-state index is 12.8. The van der Waals surface area contributed by atoms with Gasteiger partial charge < -0.3 is 19.5 Å². The van der Waals surface area contributed by atoms with Crippen LogP contribution < -0.4 is 5.32 Å². The van der Waals surface area contributed by atoms with Crippen LogP contribution in [0.5, 0.6) is 0 Å². The van der Waals surface area contributed by atoms with Gasteiger partial charge in [-0.05, 0) is 32.3 Å². The third-order valence-electron chi connectivity index (χ3n) is 4.77. The largest absolute Gasteiger partial charge is 0.376 e. The Kier molecular flexibility index (Phi) is 7.19. The number of amides is 2. The van der Waals surface area contributed by atoms with Gasteiger partial charge in [-0.1, -0.05) is 42.5 Å². The Hall–Kier alpha value is -2.67. The van der Waals surface area contributed by atoms with E-state index in [1.165, 1.54) is 0 Å². The second kappa shape index (κ2) is 10.0. The highest BCUT2D eigenvalue weighted by molar-refractivity contribution is 5.74. The molecule has 7 nitrogen and oxygen atoms in total. The molecule has 1 unspecified atom stereocenters. The van der Waals surface area contributed by atoms with Crippen molar-refractivity contribution in [3.63, 3.8) is 0 Å². The van der Waals surface area contributed by atoms with Crippen molar-refractivity contribution >= 4 is 12.1 Å². The summed E-state index contributed by atoms with van der Waals surface area (Å²) in [7, 11) is 0. The molecule has 1 aromatic heterocycles. The van der Waals surface area contributed by atoms with Gasteiger partial charge >= 0.3 is 6.03 Å². The summed E-state index contributed by atoms with van der Waals surface area (Å²) in [5.41, 5.74) is 1.12. The SMILES string of the molecule is CC(C)n1cnnc1CNC(=O)N(CC=Cc1ccccc1)CC1CCCO1. The maximum Gasteiger partial charge on any atom is 0.318 e. The minimum atomic E-state index is -0.119. The summed E-state index contributed by atoms with van der Waals surface area (Å²) in [4.78, 5) is 14.6. The first-order valence-corrected chi connectivity index (χ1v) is 9.88. The minimum absolute atomic E-state index is 0.107. The summed E-state index contributed by atoms with van der Waals surface area (Å²) in [5, 5.41) is 11.0. The van der Waals surface area contributed by atoms with E-state index in [0.29, 0.717) is 19.6 Å². The first-order valence-electron chi connectivity index (χ1n) is 9.88. The first kappa shape index (κ1) is 20.1. The molecular formula is C21H29N5O2. The van der Waals surface area contributed by atoms with E-state index in [-0.39, 0.29) is 18.2 Å². The predicted molar refractivity (Wildman–Crippen MR) is 109 cm³/mol. The van der Waals surface area contributed by atoms with Crippen LogP contribution in [-0.4, -0.2) is 51.5 Å². The molecule has 2 heterocycles. The van der Waals surface area contributed by atoms with Gasteiger partial charge in [-0.15, -0.1) is 10.2 Å². The van der Waals surface area contributed by atoms with Crippen molar-refractivity contribution in [1.82, 2.24) is 25.0 Å². The Morgan fingerprint density at radius 2 is 2.21 bits per heavy atom. The number of carbonyl (C=O) groups excluding carboxylic acids is 1. The lowest BCUT2D eigenvalue weighted by molar-refractivity contribution is 0.0841. The third kappa shape index (κ3) is 5.66. The van der Waals surface area contributed by atoms with Crippen LogP contribution in [0.3, 0.4) is 0 Å². The lowest BCUT2D eigenvalue weighted by Gasteiger charge is -2.24. The molecule has 3 rings (SSSR count). The van der Waals surface area contributed by atoms with E-state index in [1.807, 2.05) is 47.1 Å². The van der Waals surface area contributed by atoms with Gasteiger partial charge in [-0.25, -0.2) is 4.79 Å². The molecule has 0 aliphatic carbocycles. The predicted octanol–water partition coefficient (Wildman–Crippen LogP) is 3.26. The molecule has 2 aromatic rings. The fourth-order valence-electron chi connectivity index (χ4n) is 3.25. The molecule has 0 spiro atoms. The molecule has 150 valence electrons. The number of carbonyl (C=O) groups is 1. The quantitative estimate of drug-likeness (QED) is 0.759. The number of rotatable bonds is 8. The molecule has 1 atom stereocenters. The number of benzene rings is 1. The van der Waals surface area contributed by atoms with Crippen molar-refractivity contribution in [3.05, 3.63) is 54.1 Å². The Bertz CT molecular complexity index is 766. The van der Waals surface area contributed by atoms with E-state index in [0.717, 1.165) is 30.8 Å². The molecule has 1 aliphatic rings. The number of urea groups is 1. The minimum Gasteiger partial charge on any atom is -0.376 e. The molecule has 0 bridgehead atoms. The number of aromatic nitrogens is 3. The molecule has 0 radical (unpaired) electrons. The average Bonchev–Trinajstić information content (AvgIpc) is 3.38. The van der Waals surface area contributed by atoms with Crippen LogP contribution in [0.25, 0.3) is 6.08 Å². The monoisotopic (exact) mass is 383 g/mol. The fraction of sp³-hybridized carbons (Fsp3) is 0.476. The number of nitrogens with one attached hydrogen (secondary N) is 1. The second-order valence-corrected chi connectivity index (χ2v) is 7.26. The number of ether oxygens (including phenoxy) is 1. The van der Waals surface area contributed by atoms with E-state index < -0.39 is 0 Å². The summed E-state index contributed by atoms with van der Waals surface area (Å²) in [5.74, 6) is 0.750. The lowest BCUT2D eigenvalue weighted by atomic mass is 10.2. The van der Waals surface area contributed by atoms with Crippen LogP contribution in [0, 0.1) is 0 Å². The Morgan fingerprint density at radius 3 is 2.93 bits per heavy atom. The maximum atomic E-state index is 12.8. The standard InChI is InChI=1S/C21H29N5O2/c1-17(2)26-16-23-24-20(26)14-22-21(27)25(15-19-11-7-13-28-19)12-6-10-18-8-4-3-5-9-18/h3-6,8-10,16-17,19H,7,11-15H2,1-2H3,(H,22,27). The van der Waals surface area contributed by atoms with E-state index in [4.69, 9.17) is 4.74 Å². The lowest BCUT2D eigenvalue weighted by Crippen LogP contribution is -2.43. The van der Waals surface area contributed by atoms with Gasteiger partial charge in [0.15, 0.2) is 5.82 Å². The van der Waals surface area contributed by atoms with Crippen molar-refractivity contribution < 1.29 is 9.53 Å². The van der Waals surface area contributed by atoms with Gasteiger partial charge in [0.2, 0.25) is 0 Å². The molecule has 1 aliphatic heterocycles. The highest BCUT2D eigenvalue weighted by atomic mass is 16.5. The number of hydrogen-bond acceptors (Lipinski definition) is 4. The van der Waals surface area contributed by atoms with Crippen molar-refractivity contribution in [1.29, 1.82) is 0 Å². The van der Waals surface area contributed by atoms with E-state index in [2.05, 4.69) is 29.4 Å². The number of hydrogen-bond donors (Lipinski definition) is 1. The van der Waals surface area contributed by atoms with E-state index >= 15 is 0 Å². The van der Waals surface area contributed by atoms with Crippen molar-refractivity contribution in [2.24, 2.45) is 0 Å². The molecule has 1 N–H and O–H groups in total. The van der Waals surface area contributed by atoms with Crippen LogP contribution in [0.1, 0.15) is 44.1 Å². The van der Waals surface area contributed by atoms with Crippen LogP contribution in [-0.2, 0) is 11.3 Å². The second-order valence-electron chi connectivity index (χ2n) is 7.26. The zero-order valence-corrected chi connectivity index (χ0v) is 16.6. The smallest absolute Gasteiger partial charge is 0.318 e. The average molecular weight is 383 g/mol. The molecule has 1 fully saturated rings. The molecule has 7 heteroatoms. The van der Waals surface area contributed by atoms with Crippen molar-refractivity contribution in [2.45, 2.75) is 45.4 Å². The molecule has 28 heavy (non-hydrogen) atoms. The van der Waals surface area contributed by atoms with Gasteiger partial charge in [-0.3, -0.25) is 0 Å². The molecular weight excluding hydrogens is 354 g/mol. The molecule has 0 saturated carbocycles. The number of nitrogens with zero attached hydrogens (tertiary/aromatic N) is 4. The Balaban J connectivity index is 1.60. The summed E-state index contributed by atoms with van der Waals surface area (Å²) < 4.78 is 7.69. The van der Waals surface area contributed by atoms with Gasteiger partial charge in [0.05, 0.1) is 12.6 Å². The van der Waals surface area contributed by atoms with Crippen molar-refractivity contribution in [2.75, 3.05) is 19.7 Å². The van der Waals surface area contributed by atoms with Gasteiger partial charge in [-0.2, -0.15) is 0 Å². The Labute approximate surface area is 166 Å². The molecule has 1 saturated heterocycles. The zero-order valence-electron chi connectivity index (χ0n) is 16.6. The first-order chi connectivity index (χ1) is 13.6. The normalized spacial score (nSPS) is 16.8. The highest BCUT2D eigenvalue weighted by Gasteiger charge is 2.22. The summed E-state index contributed by atoms with van der Waals surface area (Å²) >= 11 is 0. The van der Waals surface area contributed by atoms with E-state index in [1.54, 1.807) is 11.2 Å². The Morgan fingerprint density at radius 1 is 1.39 bits per heavy atom. The highest BCUT2D eigenvalue weighted by Crippen LogP contribution is 2.14. The van der Waals surface area contributed by atoms with Gasteiger partial charge in [0.25, 0.3) is 0 Å². The summed E-state index contributed by atoms with van der Waals surface area (Å²) in [6, 6.07) is 10.2.